The molecular formula is C26H34B2N2O10. The first-order chi connectivity index (χ1) is 18.4. The molecule has 2 aliphatic heterocycles. The maximum atomic E-state index is 11.2. The normalized spacial score (nSPS) is 20.0. The van der Waals surface area contributed by atoms with E-state index in [2.05, 4.69) is 0 Å². The summed E-state index contributed by atoms with van der Waals surface area (Å²) < 4.78 is 23.2. The smallest absolute Gasteiger partial charge is 0.399 e. The molecule has 0 aliphatic carbocycles. The van der Waals surface area contributed by atoms with E-state index in [1.165, 1.54) is 24.3 Å². The molecule has 0 aromatic heterocycles. The van der Waals surface area contributed by atoms with Crippen molar-refractivity contribution in [1.29, 1.82) is 0 Å². The SMILES string of the molecule is CC1(C)OB(c2ccc(C=O)cc2[N+](=O)[O-])OC1(C)C.CC1(C)OB(c2ccc(CO)cc2[N+](=O)[O-])OC1(C)C. The fourth-order valence-corrected chi connectivity index (χ4v) is 3.98. The van der Waals surface area contributed by atoms with E-state index in [1.54, 1.807) is 12.1 Å². The Morgan fingerprint density at radius 1 is 0.725 bits per heavy atom. The molecule has 0 atom stereocenters. The summed E-state index contributed by atoms with van der Waals surface area (Å²) in [4.78, 5) is 32.0. The first-order valence-electron chi connectivity index (χ1n) is 12.7. The Morgan fingerprint density at radius 2 is 1.10 bits per heavy atom. The highest BCUT2D eigenvalue weighted by Gasteiger charge is 2.54. The van der Waals surface area contributed by atoms with Gasteiger partial charge in [-0.15, -0.1) is 0 Å². The van der Waals surface area contributed by atoms with E-state index in [-0.39, 0.29) is 23.5 Å². The lowest BCUT2D eigenvalue weighted by Gasteiger charge is -2.32. The van der Waals surface area contributed by atoms with Crippen molar-refractivity contribution < 1.29 is 38.4 Å². The monoisotopic (exact) mass is 556 g/mol. The van der Waals surface area contributed by atoms with E-state index >= 15 is 0 Å². The number of benzene rings is 2. The molecule has 2 heterocycles. The number of carbonyl (C=O) groups excluding carboxylic acids is 1. The molecule has 2 aliphatic rings. The molecule has 2 fully saturated rings. The highest BCUT2D eigenvalue weighted by Crippen LogP contribution is 2.38. The summed E-state index contributed by atoms with van der Waals surface area (Å²) >= 11 is 0. The second kappa shape index (κ2) is 11.0. The van der Waals surface area contributed by atoms with Crippen LogP contribution in [-0.4, -0.2) is 57.9 Å². The molecule has 0 amide bonds. The number of hydrogen-bond donors (Lipinski definition) is 1. The maximum Gasteiger partial charge on any atom is 0.501 e. The van der Waals surface area contributed by atoms with Gasteiger partial charge in [0.2, 0.25) is 0 Å². The lowest BCUT2D eigenvalue weighted by Crippen LogP contribution is -2.41. The molecule has 2 aromatic carbocycles. The maximum absolute atomic E-state index is 11.2. The highest BCUT2D eigenvalue weighted by molar-refractivity contribution is 6.64. The van der Waals surface area contributed by atoms with E-state index in [0.717, 1.165) is 0 Å². The zero-order valence-corrected chi connectivity index (χ0v) is 23.9. The molecule has 0 unspecified atom stereocenters. The van der Waals surface area contributed by atoms with E-state index in [4.69, 9.17) is 23.7 Å². The molecule has 4 rings (SSSR count). The van der Waals surface area contributed by atoms with Gasteiger partial charge in [0, 0.05) is 17.7 Å². The van der Waals surface area contributed by atoms with Crippen LogP contribution in [0.15, 0.2) is 36.4 Å². The van der Waals surface area contributed by atoms with Gasteiger partial charge in [0.25, 0.3) is 11.4 Å². The number of aliphatic hydroxyl groups excluding tert-OH is 1. The third kappa shape index (κ3) is 6.10. The first-order valence-corrected chi connectivity index (χ1v) is 12.7. The Kier molecular flexibility index (Phi) is 8.64. The van der Waals surface area contributed by atoms with Crippen LogP contribution in [0.1, 0.15) is 71.3 Å². The molecule has 12 nitrogen and oxygen atoms in total. The Balaban J connectivity index is 0.000000220. The first kappa shape index (κ1) is 31.4. The number of carbonyl (C=O) groups is 1. The summed E-state index contributed by atoms with van der Waals surface area (Å²) in [6.07, 6.45) is 0.570. The van der Waals surface area contributed by atoms with Gasteiger partial charge in [-0.3, -0.25) is 25.0 Å². The quantitative estimate of drug-likeness (QED) is 0.242. The Labute approximate surface area is 233 Å². The third-order valence-corrected chi connectivity index (χ3v) is 7.88. The van der Waals surface area contributed by atoms with Crippen molar-refractivity contribution in [3.63, 3.8) is 0 Å². The van der Waals surface area contributed by atoms with Gasteiger partial charge in [0.15, 0.2) is 0 Å². The van der Waals surface area contributed by atoms with Crippen molar-refractivity contribution >= 4 is 42.8 Å². The second-order valence-corrected chi connectivity index (χ2v) is 11.7. The fraction of sp³-hybridized carbons (Fsp3) is 0.500. The van der Waals surface area contributed by atoms with Crippen molar-refractivity contribution in [1.82, 2.24) is 0 Å². The summed E-state index contributed by atoms with van der Waals surface area (Å²) in [6, 6.07) is 8.80. The largest absolute Gasteiger partial charge is 0.501 e. The van der Waals surface area contributed by atoms with E-state index in [0.29, 0.717) is 22.8 Å². The number of nitrogens with zero attached hydrogens (tertiary/aromatic N) is 2. The van der Waals surface area contributed by atoms with Crippen LogP contribution in [-0.2, 0) is 25.2 Å². The molecule has 1 N–H and O–H groups in total. The Morgan fingerprint density at radius 3 is 1.45 bits per heavy atom. The molecular weight excluding hydrogens is 522 g/mol. The topological polar surface area (TPSA) is 160 Å². The highest BCUT2D eigenvalue weighted by atomic mass is 16.7. The Bertz CT molecular complexity index is 1280. The lowest BCUT2D eigenvalue weighted by molar-refractivity contribution is -0.383. The van der Waals surface area contributed by atoms with Gasteiger partial charge >= 0.3 is 14.2 Å². The predicted molar refractivity (Wildman–Crippen MR) is 149 cm³/mol. The van der Waals surface area contributed by atoms with Gasteiger partial charge < -0.3 is 23.7 Å². The predicted octanol–water partition coefficient (Wildman–Crippen LogP) is 3.09. The van der Waals surface area contributed by atoms with E-state index < -0.39 is 46.5 Å². The molecule has 0 spiro atoms. The molecule has 14 heteroatoms. The minimum absolute atomic E-state index is 0.102. The molecule has 2 aromatic rings. The van der Waals surface area contributed by atoms with Gasteiger partial charge in [-0.05, 0) is 61.0 Å². The van der Waals surface area contributed by atoms with Crippen LogP contribution in [0.5, 0.6) is 0 Å². The zero-order chi connectivity index (χ0) is 30.3. The lowest BCUT2D eigenvalue weighted by atomic mass is 9.77. The van der Waals surface area contributed by atoms with Crippen molar-refractivity contribution in [3.05, 3.63) is 67.8 Å². The molecule has 0 saturated carbocycles. The van der Waals surface area contributed by atoms with Gasteiger partial charge in [0.05, 0.1) is 49.8 Å². The summed E-state index contributed by atoms with van der Waals surface area (Å²) in [5.41, 5.74) is -1.12. The fourth-order valence-electron chi connectivity index (χ4n) is 3.98. The molecule has 0 bridgehead atoms. The summed E-state index contributed by atoms with van der Waals surface area (Å²) in [7, 11) is -1.60. The Hall–Kier alpha value is -3.16. The number of rotatable bonds is 6. The minimum Gasteiger partial charge on any atom is -0.399 e. The standard InChI is InChI=1S/C13H18BNO5.C13H16BNO5/c2*1-12(2)13(3,4)20-14(19-12)10-6-5-9(8-16)7-11(10)15(17)18/h5-7,16H,8H2,1-4H3;5-8H,1-4H3. The number of aliphatic hydroxyl groups is 1. The average Bonchev–Trinajstić information content (AvgIpc) is 3.22. The van der Waals surface area contributed by atoms with E-state index in [1.807, 2.05) is 55.4 Å². The van der Waals surface area contributed by atoms with Gasteiger partial charge in [0.1, 0.15) is 6.29 Å². The van der Waals surface area contributed by atoms with Crippen molar-refractivity contribution in [2.75, 3.05) is 0 Å². The van der Waals surface area contributed by atoms with Crippen LogP contribution in [0.3, 0.4) is 0 Å². The summed E-state index contributed by atoms with van der Waals surface area (Å²) in [6.45, 7) is 14.8. The van der Waals surface area contributed by atoms with Crippen molar-refractivity contribution in [2.45, 2.75) is 84.4 Å². The minimum atomic E-state index is -0.818. The second-order valence-electron chi connectivity index (χ2n) is 11.7. The molecule has 40 heavy (non-hydrogen) atoms. The molecule has 214 valence electrons. The number of nitro groups is 2. The van der Waals surface area contributed by atoms with Crippen LogP contribution < -0.4 is 10.9 Å². The van der Waals surface area contributed by atoms with Crippen LogP contribution in [0.2, 0.25) is 0 Å². The summed E-state index contributed by atoms with van der Waals surface area (Å²) in [5.74, 6) is 0. The van der Waals surface area contributed by atoms with Crippen molar-refractivity contribution in [3.8, 4) is 0 Å². The van der Waals surface area contributed by atoms with Crippen LogP contribution in [0.4, 0.5) is 11.4 Å². The number of nitro benzene ring substituents is 2. The van der Waals surface area contributed by atoms with E-state index in [9.17, 15) is 25.0 Å². The van der Waals surface area contributed by atoms with Crippen molar-refractivity contribution in [2.24, 2.45) is 0 Å². The van der Waals surface area contributed by atoms with Crippen LogP contribution in [0.25, 0.3) is 0 Å². The van der Waals surface area contributed by atoms with Gasteiger partial charge in [-0.2, -0.15) is 0 Å². The van der Waals surface area contributed by atoms with Gasteiger partial charge in [-0.25, -0.2) is 0 Å². The van der Waals surface area contributed by atoms with Crippen LogP contribution in [0, 0.1) is 20.2 Å². The van der Waals surface area contributed by atoms with Crippen LogP contribution >= 0.6 is 0 Å². The zero-order valence-electron chi connectivity index (χ0n) is 23.9. The number of aldehydes is 1. The average molecular weight is 556 g/mol. The summed E-state index contributed by atoms with van der Waals surface area (Å²) in [5, 5.41) is 31.4. The van der Waals surface area contributed by atoms with Gasteiger partial charge in [-0.1, -0.05) is 24.3 Å². The third-order valence-electron chi connectivity index (χ3n) is 7.88. The molecule has 2 saturated heterocycles. The molecule has 0 radical (unpaired) electrons. The number of hydrogen-bond acceptors (Lipinski definition) is 10.